The second-order valence-corrected chi connectivity index (χ2v) is 6.98. The first-order valence-corrected chi connectivity index (χ1v) is 9.78. The molecule has 1 aromatic carbocycles. The Hall–Kier alpha value is -2.12. The van der Waals surface area contributed by atoms with Crippen molar-refractivity contribution in [3.05, 3.63) is 59.5 Å². The molecule has 138 valence electrons. The molecular weight excluding hydrogens is 353 g/mol. The van der Waals surface area contributed by atoms with E-state index in [9.17, 15) is 9.18 Å². The molecule has 0 spiro atoms. The van der Waals surface area contributed by atoms with Gasteiger partial charge in [0.25, 0.3) is 5.91 Å². The molecule has 0 aliphatic carbocycles. The molecular formula is C19H22FN3O2S. The van der Waals surface area contributed by atoms with Gasteiger partial charge in [-0.25, -0.2) is 9.37 Å². The van der Waals surface area contributed by atoms with Gasteiger partial charge in [-0.1, -0.05) is 18.2 Å². The standard InChI is InChI=1S/C19H22FN3O2S/c20-17-6-2-1-4-15(17)14-26-13-8-22-19(24)16-5-3-7-21-18(16)23-9-11-25-12-10-23/h1-7H,8-14H2,(H,22,24). The molecule has 7 heteroatoms. The van der Waals surface area contributed by atoms with Gasteiger partial charge in [0.1, 0.15) is 11.6 Å². The highest BCUT2D eigenvalue weighted by molar-refractivity contribution is 7.98. The molecule has 2 aromatic rings. The van der Waals surface area contributed by atoms with E-state index in [4.69, 9.17) is 4.74 Å². The van der Waals surface area contributed by atoms with E-state index in [1.165, 1.54) is 6.07 Å². The van der Waals surface area contributed by atoms with E-state index in [1.807, 2.05) is 6.07 Å². The van der Waals surface area contributed by atoms with Crippen molar-refractivity contribution in [2.45, 2.75) is 5.75 Å². The smallest absolute Gasteiger partial charge is 0.255 e. The van der Waals surface area contributed by atoms with Gasteiger partial charge in [0.15, 0.2) is 0 Å². The normalized spacial score (nSPS) is 14.3. The number of halogens is 1. The fraction of sp³-hybridized carbons (Fsp3) is 0.368. The third-order valence-electron chi connectivity index (χ3n) is 4.09. The van der Waals surface area contributed by atoms with Crippen LogP contribution in [0.15, 0.2) is 42.6 Å². The van der Waals surface area contributed by atoms with Crippen LogP contribution in [0.2, 0.25) is 0 Å². The molecule has 1 saturated heterocycles. The Labute approximate surface area is 156 Å². The fourth-order valence-electron chi connectivity index (χ4n) is 2.73. The quantitative estimate of drug-likeness (QED) is 0.754. The van der Waals surface area contributed by atoms with Crippen molar-refractivity contribution in [3.63, 3.8) is 0 Å². The molecule has 5 nitrogen and oxygen atoms in total. The van der Waals surface area contributed by atoms with Gasteiger partial charge in [0, 0.05) is 37.3 Å². The highest BCUT2D eigenvalue weighted by Crippen LogP contribution is 2.18. The summed E-state index contributed by atoms with van der Waals surface area (Å²) in [7, 11) is 0. The van der Waals surface area contributed by atoms with Crippen LogP contribution in [0.25, 0.3) is 0 Å². The van der Waals surface area contributed by atoms with Gasteiger partial charge in [-0.15, -0.1) is 0 Å². The zero-order valence-corrected chi connectivity index (χ0v) is 15.3. The topological polar surface area (TPSA) is 54.5 Å². The Morgan fingerprint density at radius 2 is 2.04 bits per heavy atom. The number of carbonyl (C=O) groups is 1. The lowest BCUT2D eigenvalue weighted by molar-refractivity contribution is 0.0954. The van der Waals surface area contributed by atoms with Crippen molar-refractivity contribution < 1.29 is 13.9 Å². The number of thioether (sulfide) groups is 1. The summed E-state index contributed by atoms with van der Waals surface area (Å²) >= 11 is 1.59. The zero-order chi connectivity index (χ0) is 18.2. The van der Waals surface area contributed by atoms with Crippen LogP contribution in [0, 0.1) is 5.82 Å². The molecule has 26 heavy (non-hydrogen) atoms. The minimum Gasteiger partial charge on any atom is -0.378 e. The van der Waals surface area contributed by atoms with E-state index >= 15 is 0 Å². The van der Waals surface area contributed by atoms with Crippen LogP contribution in [-0.2, 0) is 10.5 Å². The maximum atomic E-state index is 13.6. The SMILES string of the molecule is O=C(NCCSCc1ccccc1F)c1cccnc1N1CCOCC1. The number of pyridine rings is 1. The van der Waals surface area contributed by atoms with Crippen LogP contribution >= 0.6 is 11.8 Å². The van der Waals surface area contributed by atoms with Gasteiger partial charge in [-0.3, -0.25) is 4.79 Å². The van der Waals surface area contributed by atoms with E-state index in [2.05, 4.69) is 15.2 Å². The number of nitrogens with zero attached hydrogens (tertiary/aromatic N) is 2. The summed E-state index contributed by atoms with van der Waals surface area (Å²) in [6.45, 7) is 3.27. The first-order chi connectivity index (χ1) is 12.8. The predicted molar refractivity (Wildman–Crippen MR) is 102 cm³/mol. The van der Waals surface area contributed by atoms with Gasteiger partial charge in [-0.05, 0) is 23.8 Å². The monoisotopic (exact) mass is 375 g/mol. The zero-order valence-electron chi connectivity index (χ0n) is 14.5. The van der Waals surface area contributed by atoms with E-state index in [-0.39, 0.29) is 11.7 Å². The molecule has 1 N–H and O–H groups in total. The Balaban J connectivity index is 1.48. The number of ether oxygens (including phenoxy) is 1. The van der Waals surface area contributed by atoms with Gasteiger partial charge in [0.2, 0.25) is 0 Å². The van der Waals surface area contributed by atoms with Gasteiger partial charge in [-0.2, -0.15) is 11.8 Å². The van der Waals surface area contributed by atoms with Crippen LogP contribution in [-0.4, -0.2) is 49.5 Å². The van der Waals surface area contributed by atoms with Crippen LogP contribution in [0.4, 0.5) is 10.2 Å². The second kappa shape index (κ2) is 9.54. The van der Waals surface area contributed by atoms with Gasteiger partial charge in [0.05, 0.1) is 18.8 Å². The first-order valence-electron chi connectivity index (χ1n) is 8.63. The highest BCUT2D eigenvalue weighted by atomic mass is 32.2. The number of benzene rings is 1. The summed E-state index contributed by atoms with van der Waals surface area (Å²) in [5, 5.41) is 2.93. The number of aromatic nitrogens is 1. The largest absolute Gasteiger partial charge is 0.378 e. The minimum absolute atomic E-state index is 0.133. The van der Waals surface area contributed by atoms with Crippen LogP contribution in [0.1, 0.15) is 15.9 Å². The lowest BCUT2D eigenvalue weighted by Gasteiger charge is -2.29. The molecule has 1 amide bonds. The summed E-state index contributed by atoms with van der Waals surface area (Å²) < 4.78 is 18.9. The van der Waals surface area contributed by atoms with E-state index < -0.39 is 0 Å². The van der Waals surface area contributed by atoms with Crippen molar-refractivity contribution in [2.75, 3.05) is 43.5 Å². The Kier molecular flexibility index (Phi) is 6.85. The van der Waals surface area contributed by atoms with Crippen molar-refractivity contribution in [1.29, 1.82) is 0 Å². The molecule has 0 saturated carbocycles. The molecule has 1 aliphatic heterocycles. The maximum Gasteiger partial charge on any atom is 0.255 e. The number of hydrogen-bond donors (Lipinski definition) is 1. The lowest BCUT2D eigenvalue weighted by Crippen LogP contribution is -2.38. The fourth-order valence-corrected chi connectivity index (χ4v) is 3.58. The minimum atomic E-state index is -0.186. The summed E-state index contributed by atoms with van der Waals surface area (Å²) in [5.41, 5.74) is 1.26. The maximum absolute atomic E-state index is 13.6. The predicted octanol–water partition coefficient (Wildman–Crippen LogP) is 2.72. The van der Waals surface area contributed by atoms with Crippen LogP contribution in [0.3, 0.4) is 0 Å². The second-order valence-electron chi connectivity index (χ2n) is 5.87. The van der Waals surface area contributed by atoms with E-state index in [1.54, 1.807) is 42.2 Å². The highest BCUT2D eigenvalue weighted by Gasteiger charge is 2.19. The molecule has 1 aromatic heterocycles. The summed E-state index contributed by atoms with van der Waals surface area (Å²) in [4.78, 5) is 19.0. The Morgan fingerprint density at radius 1 is 1.23 bits per heavy atom. The van der Waals surface area contributed by atoms with E-state index in [0.29, 0.717) is 48.2 Å². The van der Waals surface area contributed by atoms with Crippen LogP contribution in [0.5, 0.6) is 0 Å². The number of carbonyl (C=O) groups excluding carboxylic acids is 1. The average Bonchev–Trinajstić information content (AvgIpc) is 2.69. The lowest BCUT2D eigenvalue weighted by atomic mass is 10.2. The third-order valence-corrected chi connectivity index (χ3v) is 5.10. The van der Waals surface area contributed by atoms with Gasteiger partial charge < -0.3 is 15.0 Å². The molecule has 0 radical (unpaired) electrons. The van der Waals surface area contributed by atoms with Gasteiger partial charge >= 0.3 is 0 Å². The number of hydrogen-bond acceptors (Lipinski definition) is 5. The molecule has 3 rings (SSSR count). The molecule has 0 atom stereocenters. The summed E-state index contributed by atoms with van der Waals surface area (Å²) in [6.07, 6.45) is 1.70. The summed E-state index contributed by atoms with van der Waals surface area (Å²) in [6, 6.07) is 10.3. The number of amides is 1. The van der Waals surface area contributed by atoms with Crippen molar-refractivity contribution in [1.82, 2.24) is 10.3 Å². The van der Waals surface area contributed by atoms with Crippen LogP contribution < -0.4 is 10.2 Å². The Morgan fingerprint density at radius 3 is 2.85 bits per heavy atom. The summed E-state index contributed by atoms with van der Waals surface area (Å²) in [5.74, 6) is 1.69. The molecule has 0 unspecified atom stereocenters. The third kappa shape index (κ3) is 4.95. The molecule has 1 fully saturated rings. The number of anilines is 1. The van der Waals surface area contributed by atoms with Crippen molar-refractivity contribution in [3.8, 4) is 0 Å². The first kappa shape index (κ1) is 18.7. The number of rotatable bonds is 7. The molecule has 1 aliphatic rings. The van der Waals surface area contributed by atoms with Crippen molar-refractivity contribution >= 4 is 23.5 Å². The Bertz CT molecular complexity index is 738. The average molecular weight is 375 g/mol. The molecule has 2 heterocycles. The number of morpholine rings is 1. The van der Waals surface area contributed by atoms with E-state index in [0.717, 1.165) is 13.1 Å². The van der Waals surface area contributed by atoms with Crippen molar-refractivity contribution in [2.24, 2.45) is 0 Å². The molecule has 0 bridgehead atoms. The number of nitrogens with one attached hydrogen (secondary N) is 1.